The van der Waals surface area contributed by atoms with Crippen molar-refractivity contribution in [3.8, 4) is 0 Å². The number of aryl methyl sites for hydroxylation is 1. The van der Waals surface area contributed by atoms with Gasteiger partial charge < -0.3 is 15.8 Å². The predicted octanol–water partition coefficient (Wildman–Crippen LogP) is 2.35. The van der Waals surface area contributed by atoms with E-state index in [1.807, 2.05) is 26.0 Å². The second-order valence-corrected chi connectivity index (χ2v) is 5.44. The minimum absolute atomic E-state index is 0.0861. The van der Waals surface area contributed by atoms with Gasteiger partial charge in [0.25, 0.3) is 5.91 Å². The molecule has 3 N–H and O–H groups in total. The van der Waals surface area contributed by atoms with Gasteiger partial charge in [0.2, 0.25) is 0 Å². The van der Waals surface area contributed by atoms with E-state index in [-0.39, 0.29) is 17.8 Å². The first-order valence-electron chi connectivity index (χ1n) is 5.86. The Morgan fingerprint density at radius 3 is 2.79 bits per heavy atom. The van der Waals surface area contributed by atoms with Gasteiger partial charge in [-0.3, -0.25) is 4.79 Å². The average molecular weight is 328 g/mol. The molecule has 1 aromatic rings. The third kappa shape index (κ3) is 3.96. The number of carbonyl (C=O) groups is 1. The van der Waals surface area contributed by atoms with Crippen molar-refractivity contribution in [2.45, 2.75) is 26.3 Å². The summed E-state index contributed by atoms with van der Waals surface area (Å²) in [5.41, 5.74) is 7.01. The van der Waals surface area contributed by atoms with E-state index in [0.717, 1.165) is 10.0 Å². The van der Waals surface area contributed by atoms with Gasteiger partial charge in [0.1, 0.15) is 5.84 Å². The normalized spacial score (nSPS) is 13.2. The molecule has 1 aromatic carbocycles. The molecule has 1 rings (SSSR count). The van der Waals surface area contributed by atoms with Crippen molar-refractivity contribution in [2.75, 3.05) is 7.05 Å². The van der Waals surface area contributed by atoms with Crippen molar-refractivity contribution in [1.82, 2.24) is 4.90 Å². The topological polar surface area (TPSA) is 78.9 Å². The van der Waals surface area contributed by atoms with Crippen LogP contribution in [0.5, 0.6) is 0 Å². The summed E-state index contributed by atoms with van der Waals surface area (Å²) in [5, 5.41) is 11.5. The van der Waals surface area contributed by atoms with E-state index in [4.69, 9.17) is 10.9 Å². The van der Waals surface area contributed by atoms with Crippen molar-refractivity contribution in [1.29, 1.82) is 0 Å². The van der Waals surface area contributed by atoms with Crippen LogP contribution in [0.4, 0.5) is 0 Å². The fraction of sp³-hybridized carbons (Fsp3) is 0.385. The number of amides is 1. The number of amidine groups is 1. The van der Waals surface area contributed by atoms with Crippen LogP contribution in [0.25, 0.3) is 0 Å². The van der Waals surface area contributed by atoms with Crippen molar-refractivity contribution >= 4 is 27.7 Å². The number of hydrogen-bond donors (Lipinski definition) is 2. The number of rotatable bonds is 4. The molecule has 0 radical (unpaired) electrons. The minimum Gasteiger partial charge on any atom is -0.409 e. The van der Waals surface area contributed by atoms with Crippen LogP contribution in [0.1, 0.15) is 29.3 Å². The van der Waals surface area contributed by atoms with Crippen LogP contribution in [0.15, 0.2) is 27.8 Å². The lowest BCUT2D eigenvalue weighted by Gasteiger charge is -2.25. The highest BCUT2D eigenvalue weighted by atomic mass is 79.9. The third-order valence-corrected chi connectivity index (χ3v) is 3.54. The predicted molar refractivity (Wildman–Crippen MR) is 78.5 cm³/mol. The van der Waals surface area contributed by atoms with Gasteiger partial charge in [0.05, 0.1) is 0 Å². The lowest BCUT2D eigenvalue weighted by Crippen LogP contribution is -2.38. The van der Waals surface area contributed by atoms with Crippen molar-refractivity contribution in [2.24, 2.45) is 10.9 Å². The van der Waals surface area contributed by atoms with E-state index in [0.29, 0.717) is 12.0 Å². The van der Waals surface area contributed by atoms with Gasteiger partial charge in [-0.05, 0) is 31.5 Å². The van der Waals surface area contributed by atoms with Gasteiger partial charge >= 0.3 is 0 Å². The lowest BCUT2D eigenvalue weighted by atomic mass is 10.1. The van der Waals surface area contributed by atoms with Gasteiger partial charge in [0.15, 0.2) is 0 Å². The molecule has 1 atom stereocenters. The Kier molecular flexibility index (Phi) is 5.35. The molecule has 0 spiro atoms. The van der Waals surface area contributed by atoms with E-state index < -0.39 is 0 Å². The van der Waals surface area contributed by atoms with Crippen LogP contribution >= 0.6 is 15.9 Å². The summed E-state index contributed by atoms with van der Waals surface area (Å²) in [6.07, 6.45) is 0.325. The van der Waals surface area contributed by atoms with Crippen molar-refractivity contribution < 1.29 is 10.0 Å². The molecule has 6 heteroatoms. The standard InChI is InChI=1S/C13H18BrN3O2/c1-8-4-5-10(14)7-11(8)13(18)17(3)9(2)6-12(15)16-19/h4-5,7,9,19H,6H2,1-3H3,(H2,15,16). The molecule has 0 aliphatic rings. The Labute approximate surface area is 121 Å². The first-order chi connectivity index (χ1) is 8.86. The molecule has 5 nitrogen and oxygen atoms in total. The Hall–Kier alpha value is -1.56. The maximum atomic E-state index is 12.4. The Bertz CT molecular complexity index is 503. The van der Waals surface area contributed by atoms with E-state index in [2.05, 4.69) is 21.1 Å². The highest BCUT2D eigenvalue weighted by Gasteiger charge is 2.20. The number of carbonyl (C=O) groups excluding carboxylic acids is 1. The fourth-order valence-corrected chi connectivity index (χ4v) is 2.06. The minimum atomic E-state index is -0.151. The van der Waals surface area contributed by atoms with Crippen LogP contribution in [0.2, 0.25) is 0 Å². The largest absolute Gasteiger partial charge is 0.409 e. The Morgan fingerprint density at radius 2 is 2.21 bits per heavy atom. The monoisotopic (exact) mass is 327 g/mol. The number of nitrogens with two attached hydrogens (primary N) is 1. The molecule has 0 saturated carbocycles. The molecule has 0 aromatic heterocycles. The van der Waals surface area contributed by atoms with Crippen LogP contribution in [-0.4, -0.2) is 34.9 Å². The van der Waals surface area contributed by atoms with Crippen molar-refractivity contribution in [3.63, 3.8) is 0 Å². The van der Waals surface area contributed by atoms with Crippen molar-refractivity contribution in [3.05, 3.63) is 33.8 Å². The van der Waals surface area contributed by atoms with Gasteiger partial charge in [-0.15, -0.1) is 0 Å². The number of nitrogens with zero attached hydrogens (tertiary/aromatic N) is 2. The second kappa shape index (κ2) is 6.56. The maximum Gasteiger partial charge on any atom is 0.254 e. The Balaban J connectivity index is 2.90. The first-order valence-corrected chi connectivity index (χ1v) is 6.65. The first kappa shape index (κ1) is 15.5. The van der Waals surface area contributed by atoms with E-state index in [9.17, 15) is 4.79 Å². The van der Waals surface area contributed by atoms with Gasteiger partial charge in [-0.25, -0.2) is 0 Å². The molecule has 0 bridgehead atoms. The SMILES string of the molecule is Cc1ccc(Br)cc1C(=O)N(C)C(C)CC(N)=NO. The summed E-state index contributed by atoms with van der Waals surface area (Å²) >= 11 is 3.36. The summed E-state index contributed by atoms with van der Waals surface area (Å²) in [6, 6.07) is 5.43. The van der Waals surface area contributed by atoms with Crippen LogP contribution < -0.4 is 5.73 Å². The van der Waals surface area contributed by atoms with Gasteiger partial charge in [-0.1, -0.05) is 27.2 Å². The molecule has 0 aliphatic carbocycles. The van der Waals surface area contributed by atoms with E-state index in [1.165, 1.54) is 0 Å². The summed E-state index contributed by atoms with van der Waals surface area (Å²) in [4.78, 5) is 14.0. The van der Waals surface area contributed by atoms with E-state index in [1.54, 1.807) is 18.0 Å². The molecule has 0 heterocycles. The summed E-state index contributed by atoms with van der Waals surface area (Å²) in [7, 11) is 1.71. The van der Waals surface area contributed by atoms with Crippen LogP contribution in [0, 0.1) is 6.92 Å². The number of benzene rings is 1. The van der Waals surface area contributed by atoms with Gasteiger partial charge in [0, 0.05) is 29.5 Å². The maximum absolute atomic E-state index is 12.4. The molecule has 1 amide bonds. The Morgan fingerprint density at radius 1 is 1.58 bits per heavy atom. The molecule has 0 fully saturated rings. The highest BCUT2D eigenvalue weighted by molar-refractivity contribution is 9.10. The fourth-order valence-electron chi connectivity index (χ4n) is 1.70. The van der Waals surface area contributed by atoms with Crippen LogP contribution in [0.3, 0.4) is 0 Å². The quantitative estimate of drug-likeness (QED) is 0.385. The number of oxime groups is 1. The number of halogens is 1. The van der Waals surface area contributed by atoms with E-state index >= 15 is 0 Å². The van der Waals surface area contributed by atoms with Crippen LogP contribution in [-0.2, 0) is 0 Å². The zero-order chi connectivity index (χ0) is 14.6. The molecule has 0 saturated heterocycles. The summed E-state index contributed by atoms with van der Waals surface area (Å²) in [5.74, 6) is 0.0233. The second-order valence-electron chi connectivity index (χ2n) is 4.52. The molecule has 19 heavy (non-hydrogen) atoms. The molecule has 0 aliphatic heterocycles. The average Bonchev–Trinajstić information content (AvgIpc) is 2.39. The molecular weight excluding hydrogens is 310 g/mol. The summed E-state index contributed by atoms with van der Waals surface area (Å²) < 4.78 is 0.860. The summed E-state index contributed by atoms with van der Waals surface area (Å²) in [6.45, 7) is 3.74. The van der Waals surface area contributed by atoms with Gasteiger partial charge in [-0.2, -0.15) is 0 Å². The highest BCUT2D eigenvalue weighted by Crippen LogP contribution is 2.18. The molecule has 1 unspecified atom stereocenters. The zero-order valence-electron chi connectivity index (χ0n) is 11.2. The zero-order valence-corrected chi connectivity index (χ0v) is 12.8. The number of hydrogen-bond acceptors (Lipinski definition) is 3. The smallest absolute Gasteiger partial charge is 0.254 e. The molecular formula is C13H18BrN3O2. The lowest BCUT2D eigenvalue weighted by molar-refractivity contribution is 0.0746. The molecule has 104 valence electrons. The third-order valence-electron chi connectivity index (χ3n) is 3.04.